The first kappa shape index (κ1) is 5.61. The second-order valence-electron chi connectivity index (χ2n) is 5.32. The van der Waals surface area contributed by atoms with Gasteiger partial charge in [0, 0.05) is 0 Å². The van der Waals surface area contributed by atoms with Gasteiger partial charge in [0.1, 0.15) is 0 Å². The van der Waals surface area contributed by atoms with Crippen molar-refractivity contribution < 1.29 is 0 Å². The normalized spacial score (nSPS) is 69.8. The van der Waals surface area contributed by atoms with E-state index in [1.54, 1.807) is 32.1 Å². The van der Waals surface area contributed by atoms with Crippen LogP contribution in [0.25, 0.3) is 0 Å². The molecule has 0 aromatic carbocycles. The van der Waals surface area contributed by atoms with E-state index in [0.29, 0.717) is 0 Å². The fourth-order valence-corrected chi connectivity index (χ4v) is 4.97. The lowest BCUT2D eigenvalue weighted by Gasteiger charge is -2.72. The van der Waals surface area contributed by atoms with Gasteiger partial charge in [-0.15, -0.1) is 0 Å². The van der Waals surface area contributed by atoms with Gasteiger partial charge in [-0.2, -0.15) is 0 Å². The highest BCUT2D eigenvalue weighted by Crippen LogP contribution is 2.75. The van der Waals surface area contributed by atoms with Gasteiger partial charge in [0.25, 0.3) is 0 Å². The van der Waals surface area contributed by atoms with Gasteiger partial charge in [0.05, 0.1) is 0 Å². The lowest BCUT2D eigenvalue weighted by Crippen LogP contribution is -2.66. The monoisotopic (exact) mass is 148 g/mol. The van der Waals surface area contributed by atoms with Gasteiger partial charge < -0.3 is 0 Å². The van der Waals surface area contributed by atoms with Gasteiger partial charge in [-0.05, 0) is 61.2 Å². The number of fused-ring (bicyclic) bond motifs is 7. The Kier molecular flexibility index (Phi) is 0.781. The minimum absolute atomic E-state index is 1.24. The molecule has 4 fully saturated rings. The first-order chi connectivity index (χ1) is 5.47. The first-order valence-corrected chi connectivity index (χ1v) is 5.47. The predicted octanol–water partition coefficient (Wildman–Crippen LogP) is 2.69. The van der Waals surface area contributed by atoms with Gasteiger partial charge in [0.15, 0.2) is 0 Å². The van der Waals surface area contributed by atoms with E-state index < -0.39 is 0 Å². The van der Waals surface area contributed by atoms with Crippen LogP contribution in [-0.4, -0.2) is 0 Å². The predicted molar refractivity (Wildman–Crippen MR) is 44.0 cm³/mol. The Balaban J connectivity index is 1.67. The standard InChI is InChI=1S/C11H16/c1-2-6-7(3-1)11-9-5-4-8(9)10(6)11/h6-11H,1-5H2. The molecule has 4 aliphatic rings. The molecule has 4 aliphatic carbocycles. The van der Waals surface area contributed by atoms with Gasteiger partial charge in [-0.3, -0.25) is 0 Å². The third-order valence-electron chi connectivity index (χ3n) is 5.43. The lowest BCUT2D eigenvalue weighted by molar-refractivity contribution is -0.239. The molecule has 6 unspecified atom stereocenters. The summed E-state index contributed by atoms with van der Waals surface area (Å²) in [4.78, 5) is 0. The van der Waals surface area contributed by atoms with Crippen LogP contribution in [0.1, 0.15) is 32.1 Å². The van der Waals surface area contributed by atoms with Gasteiger partial charge in [-0.25, -0.2) is 0 Å². The summed E-state index contributed by atoms with van der Waals surface area (Å²) in [5.41, 5.74) is 0. The first-order valence-electron chi connectivity index (χ1n) is 5.47. The van der Waals surface area contributed by atoms with Crippen LogP contribution in [0.15, 0.2) is 0 Å². The Bertz CT molecular complexity index is 186. The van der Waals surface area contributed by atoms with Crippen LogP contribution in [0.3, 0.4) is 0 Å². The maximum Gasteiger partial charge on any atom is -0.0318 e. The minimum atomic E-state index is 1.24. The molecule has 0 saturated heterocycles. The second kappa shape index (κ2) is 1.53. The lowest BCUT2D eigenvalue weighted by atomic mass is 9.33. The molecule has 4 rings (SSSR count). The third-order valence-corrected chi connectivity index (χ3v) is 5.43. The molecule has 0 aliphatic heterocycles. The maximum atomic E-state index is 1.61. The van der Waals surface area contributed by atoms with Crippen molar-refractivity contribution in [3.63, 3.8) is 0 Å². The van der Waals surface area contributed by atoms with E-state index in [0.717, 1.165) is 0 Å². The van der Waals surface area contributed by atoms with Crippen molar-refractivity contribution in [3.8, 4) is 0 Å². The molecule has 0 nitrogen and oxygen atoms in total. The molecule has 11 heavy (non-hydrogen) atoms. The Morgan fingerprint density at radius 2 is 1.00 bits per heavy atom. The van der Waals surface area contributed by atoms with Crippen molar-refractivity contribution in [2.24, 2.45) is 35.5 Å². The molecule has 6 atom stereocenters. The maximum absolute atomic E-state index is 1.61. The number of hydrogen-bond acceptors (Lipinski definition) is 0. The zero-order chi connectivity index (χ0) is 7.00. The fraction of sp³-hybridized carbons (Fsp3) is 1.00. The highest BCUT2D eigenvalue weighted by Gasteiger charge is 2.68. The Morgan fingerprint density at radius 1 is 0.545 bits per heavy atom. The summed E-state index contributed by atoms with van der Waals surface area (Å²) in [5.74, 6) is 7.50. The molecular formula is C11H16. The Morgan fingerprint density at radius 3 is 1.45 bits per heavy atom. The fourth-order valence-electron chi connectivity index (χ4n) is 4.97. The van der Waals surface area contributed by atoms with Crippen LogP contribution in [0, 0.1) is 35.5 Å². The molecule has 0 heterocycles. The minimum Gasteiger partial charge on any atom is -0.0527 e. The molecule has 0 radical (unpaired) electrons. The van der Waals surface area contributed by atoms with Gasteiger partial charge in [0.2, 0.25) is 0 Å². The van der Waals surface area contributed by atoms with E-state index in [-0.39, 0.29) is 0 Å². The zero-order valence-corrected chi connectivity index (χ0v) is 7.00. The molecule has 0 heteroatoms. The summed E-state index contributed by atoms with van der Waals surface area (Å²) in [6, 6.07) is 0. The van der Waals surface area contributed by atoms with E-state index in [4.69, 9.17) is 0 Å². The van der Waals surface area contributed by atoms with Crippen molar-refractivity contribution in [1.29, 1.82) is 0 Å². The number of hydrogen-bond donors (Lipinski definition) is 0. The molecule has 4 saturated carbocycles. The molecule has 60 valence electrons. The summed E-state index contributed by atoms with van der Waals surface area (Å²) < 4.78 is 0. The molecule has 0 bridgehead atoms. The third kappa shape index (κ3) is 0.421. The molecule has 0 aromatic rings. The Hall–Kier alpha value is 0. The van der Waals surface area contributed by atoms with Gasteiger partial charge >= 0.3 is 0 Å². The second-order valence-corrected chi connectivity index (χ2v) is 5.32. The van der Waals surface area contributed by atoms with Crippen LogP contribution in [0.4, 0.5) is 0 Å². The van der Waals surface area contributed by atoms with Gasteiger partial charge in [-0.1, -0.05) is 6.42 Å². The van der Waals surface area contributed by atoms with Crippen LogP contribution in [0.5, 0.6) is 0 Å². The quantitative estimate of drug-likeness (QED) is 0.495. The van der Waals surface area contributed by atoms with Crippen molar-refractivity contribution in [1.82, 2.24) is 0 Å². The van der Waals surface area contributed by atoms with E-state index in [9.17, 15) is 0 Å². The average molecular weight is 148 g/mol. The van der Waals surface area contributed by atoms with E-state index in [2.05, 4.69) is 0 Å². The summed E-state index contributed by atoms with van der Waals surface area (Å²) in [6.07, 6.45) is 8.00. The van der Waals surface area contributed by atoms with Crippen LogP contribution in [-0.2, 0) is 0 Å². The average Bonchev–Trinajstić information content (AvgIpc) is 2.36. The van der Waals surface area contributed by atoms with E-state index in [1.807, 2.05) is 0 Å². The zero-order valence-electron chi connectivity index (χ0n) is 7.00. The summed E-state index contributed by atoms with van der Waals surface area (Å²) in [7, 11) is 0. The van der Waals surface area contributed by atoms with Crippen LogP contribution < -0.4 is 0 Å². The van der Waals surface area contributed by atoms with Crippen molar-refractivity contribution in [3.05, 3.63) is 0 Å². The van der Waals surface area contributed by atoms with Crippen molar-refractivity contribution in [2.45, 2.75) is 32.1 Å². The molecule has 0 N–H and O–H groups in total. The summed E-state index contributed by atoms with van der Waals surface area (Å²) in [6.45, 7) is 0. The smallest absolute Gasteiger partial charge is 0.0318 e. The molecule has 0 spiro atoms. The molecule has 0 aromatic heterocycles. The van der Waals surface area contributed by atoms with Crippen LogP contribution in [0.2, 0.25) is 0 Å². The highest BCUT2D eigenvalue weighted by molar-refractivity contribution is 5.16. The van der Waals surface area contributed by atoms with Crippen molar-refractivity contribution in [2.75, 3.05) is 0 Å². The Labute approximate surface area is 68.4 Å². The summed E-state index contributed by atoms with van der Waals surface area (Å²) >= 11 is 0. The van der Waals surface area contributed by atoms with Crippen molar-refractivity contribution >= 4 is 0 Å². The van der Waals surface area contributed by atoms with E-state index >= 15 is 0 Å². The SMILES string of the molecule is C1CC2C(C1)C1C3CCC3C21. The molecular weight excluding hydrogens is 132 g/mol. The van der Waals surface area contributed by atoms with E-state index in [1.165, 1.54) is 35.5 Å². The number of rotatable bonds is 0. The largest absolute Gasteiger partial charge is 0.0527 e. The van der Waals surface area contributed by atoms with Crippen LogP contribution >= 0.6 is 0 Å². The highest BCUT2D eigenvalue weighted by atomic mass is 14.7. The molecule has 0 amide bonds. The summed E-state index contributed by atoms with van der Waals surface area (Å²) in [5, 5.41) is 0. The topological polar surface area (TPSA) is 0 Å².